The van der Waals surface area contributed by atoms with Crippen molar-refractivity contribution in [1.82, 2.24) is 0 Å². The number of aliphatic hydroxyl groups is 1. The van der Waals surface area contributed by atoms with Crippen LogP contribution in [0.3, 0.4) is 0 Å². The molecular weight excluding hydrogens is 265 g/mol. The first-order valence-corrected chi connectivity index (χ1v) is 6.81. The van der Waals surface area contributed by atoms with Crippen molar-refractivity contribution in [1.29, 1.82) is 0 Å². The zero-order valence-corrected chi connectivity index (χ0v) is 11.0. The van der Waals surface area contributed by atoms with Crippen molar-refractivity contribution in [3.05, 3.63) is 27.7 Å². The SMILES string of the molecule is NCC1(O)CCSc2cc(Cl)c(Cl)cc2C1. The molecule has 2 nitrogen and oxygen atoms in total. The summed E-state index contributed by atoms with van der Waals surface area (Å²) in [7, 11) is 0. The molecule has 1 heterocycles. The van der Waals surface area contributed by atoms with Crippen molar-refractivity contribution in [3.8, 4) is 0 Å². The molecule has 1 aliphatic rings. The lowest BCUT2D eigenvalue weighted by Gasteiger charge is -2.24. The van der Waals surface area contributed by atoms with Crippen molar-refractivity contribution < 1.29 is 5.11 Å². The first kappa shape index (κ1) is 12.5. The van der Waals surface area contributed by atoms with Gasteiger partial charge < -0.3 is 10.8 Å². The zero-order valence-electron chi connectivity index (χ0n) is 8.67. The fourth-order valence-corrected chi connectivity index (χ4v) is 3.44. The Labute approximate surface area is 109 Å². The van der Waals surface area contributed by atoms with Crippen LogP contribution in [-0.4, -0.2) is 23.0 Å². The van der Waals surface area contributed by atoms with Crippen LogP contribution < -0.4 is 5.73 Å². The van der Waals surface area contributed by atoms with Crippen LogP contribution in [-0.2, 0) is 6.42 Å². The monoisotopic (exact) mass is 277 g/mol. The van der Waals surface area contributed by atoms with Gasteiger partial charge in [0.15, 0.2) is 0 Å². The van der Waals surface area contributed by atoms with Crippen LogP contribution in [0.2, 0.25) is 10.0 Å². The van der Waals surface area contributed by atoms with Crippen LogP contribution in [0.4, 0.5) is 0 Å². The van der Waals surface area contributed by atoms with Crippen molar-refractivity contribution in [2.75, 3.05) is 12.3 Å². The molecule has 3 N–H and O–H groups in total. The Morgan fingerprint density at radius 3 is 2.75 bits per heavy atom. The lowest BCUT2D eigenvalue weighted by Crippen LogP contribution is -2.39. The van der Waals surface area contributed by atoms with Gasteiger partial charge in [-0.1, -0.05) is 23.2 Å². The Bertz CT molecular complexity index is 413. The van der Waals surface area contributed by atoms with E-state index in [1.54, 1.807) is 11.8 Å². The molecule has 1 aromatic carbocycles. The Kier molecular flexibility index (Phi) is 3.72. The molecule has 0 radical (unpaired) electrons. The Morgan fingerprint density at radius 2 is 2.06 bits per heavy atom. The number of benzene rings is 1. The minimum absolute atomic E-state index is 0.271. The standard InChI is InChI=1S/C11H13Cl2NOS/c12-8-3-7-5-11(15,6-14)1-2-16-10(7)4-9(8)13/h3-4,15H,1-2,5-6,14H2. The second-order valence-corrected chi connectivity index (χ2v) is 6.03. The van der Waals surface area contributed by atoms with E-state index in [1.807, 2.05) is 12.1 Å². The molecule has 88 valence electrons. The highest BCUT2D eigenvalue weighted by molar-refractivity contribution is 7.99. The molecule has 0 aliphatic carbocycles. The first-order chi connectivity index (χ1) is 7.54. The molecule has 0 saturated heterocycles. The molecule has 1 atom stereocenters. The summed E-state index contributed by atoms with van der Waals surface area (Å²) in [6.45, 7) is 0.271. The molecule has 0 saturated carbocycles. The number of nitrogens with two attached hydrogens (primary N) is 1. The summed E-state index contributed by atoms with van der Waals surface area (Å²) in [5.41, 5.74) is 5.84. The van der Waals surface area contributed by atoms with Gasteiger partial charge in [0.2, 0.25) is 0 Å². The number of hydrogen-bond acceptors (Lipinski definition) is 3. The Balaban J connectivity index is 2.40. The quantitative estimate of drug-likeness (QED) is 0.830. The Morgan fingerprint density at radius 1 is 1.38 bits per heavy atom. The molecule has 0 amide bonds. The molecule has 0 fully saturated rings. The smallest absolute Gasteiger partial charge is 0.0817 e. The molecule has 1 aliphatic heterocycles. The lowest BCUT2D eigenvalue weighted by molar-refractivity contribution is 0.0471. The number of rotatable bonds is 1. The molecule has 0 bridgehead atoms. The molecule has 1 aromatic rings. The van der Waals surface area contributed by atoms with Crippen molar-refractivity contribution >= 4 is 35.0 Å². The number of halogens is 2. The molecule has 0 spiro atoms. The van der Waals surface area contributed by atoms with E-state index in [0.29, 0.717) is 22.9 Å². The summed E-state index contributed by atoms with van der Waals surface area (Å²) >= 11 is 13.6. The lowest BCUT2D eigenvalue weighted by atomic mass is 9.92. The first-order valence-electron chi connectivity index (χ1n) is 5.07. The van der Waals surface area contributed by atoms with Crippen LogP contribution in [0.25, 0.3) is 0 Å². The summed E-state index contributed by atoms with van der Waals surface area (Å²) in [5.74, 6) is 0.846. The minimum atomic E-state index is -0.810. The van der Waals surface area contributed by atoms with Gasteiger partial charge in [0.1, 0.15) is 0 Å². The van der Waals surface area contributed by atoms with E-state index in [1.165, 1.54) is 0 Å². The summed E-state index contributed by atoms with van der Waals surface area (Å²) in [4.78, 5) is 1.10. The minimum Gasteiger partial charge on any atom is -0.388 e. The highest BCUT2D eigenvalue weighted by atomic mass is 35.5. The summed E-state index contributed by atoms with van der Waals surface area (Å²) in [6.07, 6.45) is 1.24. The van der Waals surface area contributed by atoms with E-state index in [0.717, 1.165) is 16.2 Å². The highest BCUT2D eigenvalue weighted by Crippen LogP contribution is 2.37. The van der Waals surface area contributed by atoms with E-state index in [-0.39, 0.29) is 6.54 Å². The third kappa shape index (κ3) is 2.49. The molecular formula is C11H13Cl2NOS. The summed E-state index contributed by atoms with van der Waals surface area (Å²) in [5, 5.41) is 11.3. The summed E-state index contributed by atoms with van der Waals surface area (Å²) in [6, 6.07) is 3.70. The van der Waals surface area contributed by atoms with Crippen molar-refractivity contribution in [2.45, 2.75) is 23.3 Å². The topological polar surface area (TPSA) is 46.2 Å². The predicted octanol–water partition coefficient (Wildman–Crippen LogP) is 2.72. The number of thioether (sulfide) groups is 1. The van der Waals surface area contributed by atoms with Crippen LogP contribution in [0.1, 0.15) is 12.0 Å². The maximum atomic E-state index is 10.3. The van der Waals surface area contributed by atoms with Crippen LogP contribution >= 0.6 is 35.0 Å². The number of fused-ring (bicyclic) bond motifs is 1. The van der Waals surface area contributed by atoms with Crippen molar-refractivity contribution in [2.24, 2.45) is 5.73 Å². The largest absolute Gasteiger partial charge is 0.388 e. The van der Waals surface area contributed by atoms with Gasteiger partial charge in [0.05, 0.1) is 15.6 Å². The normalized spacial score (nSPS) is 25.0. The van der Waals surface area contributed by atoms with Gasteiger partial charge in [-0.3, -0.25) is 0 Å². The molecule has 1 unspecified atom stereocenters. The van der Waals surface area contributed by atoms with E-state index in [9.17, 15) is 5.11 Å². The van der Waals surface area contributed by atoms with Crippen LogP contribution in [0.5, 0.6) is 0 Å². The molecule has 2 rings (SSSR count). The molecule has 5 heteroatoms. The Hall–Kier alpha value is 0.0700. The second kappa shape index (κ2) is 4.75. The van der Waals surface area contributed by atoms with Crippen molar-refractivity contribution in [3.63, 3.8) is 0 Å². The van der Waals surface area contributed by atoms with Gasteiger partial charge in [-0.2, -0.15) is 0 Å². The molecule has 0 aromatic heterocycles. The summed E-state index contributed by atoms with van der Waals surface area (Å²) < 4.78 is 0. The van der Waals surface area contributed by atoms with Gasteiger partial charge >= 0.3 is 0 Å². The maximum Gasteiger partial charge on any atom is 0.0817 e. The maximum absolute atomic E-state index is 10.3. The van der Waals surface area contributed by atoms with Crippen LogP contribution in [0.15, 0.2) is 17.0 Å². The van der Waals surface area contributed by atoms with E-state index in [2.05, 4.69) is 0 Å². The fraction of sp³-hybridized carbons (Fsp3) is 0.455. The average Bonchev–Trinajstić information content (AvgIpc) is 2.39. The van der Waals surface area contributed by atoms with E-state index >= 15 is 0 Å². The predicted molar refractivity (Wildman–Crippen MR) is 69.5 cm³/mol. The van der Waals surface area contributed by atoms with Gasteiger partial charge in [-0.05, 0) is 24.1 Å². The number of hydrogen-bond donors (Lipinski definition) is 2. The fourth-order valence-electron chi connectivity index (χ4n) is 1.81. The van der Waals surface area contributed by atoms with E-state index in [4.69, 9.17) is 28.9 Å². The highest BCUT2D eigenvalue weighted by Gasteiger charge is 2.29. The van der Waals surface area contributed by atoms with Gasteiger partial charge in [-0.15, -0.1) is 11.8 Å². The third-order valence-corrected chi connectivity index (χ3v) is 4.65. The van der Waals surface area contributed by atoms with Crippen LogP contribution in [0, 0.1) is 0 Å². The van der Waals surface area contributed by atoms with Gasteiger partial charge in [0, 0.05) is 23.6 Å². The van der Waals surface area contributed by atoms with Gasteiger partial charge in [0.25, 0.3) is 0 Å². The molecule has 16 heavy (non-hydrogen) atoms. The second-order valence-electron chi connectivity index (χ2n) is 4.08. The third-order valence-electron chi connectivity index (χ3n) is 2.83. The average molecular weight is 278 g/mol. The zero-order chi connectivity index (χ0) is 11.8. The van der Waals surface area contributed by atoms with Gasteiger partial charge in [-0.25, -0.2) is 0 Å². The van der Waals surface area contributed by atoms with E-state index < -0.39 is 5.60 Å².